The van der Waals surface area contributed by atoms with Gasteiger partial charge in [-0.1, -0.05) is 13.0 Å². The van der Waals surface area contributed by atoms with Crippen LogP contribution >= 0.6 is 0 Å². The summed E-state index contributed by atoms with van der Waals surface area (Å²) < 4.78 is 27.5. The second-order valence-corrected chi connectivity index (χ2v) is 7.80. The number of benzene rings is 1. The summed E-state index contributed by atoms with van der Waals surface area (Å²) in [6.07, 6.45) is 4.29. The van der Waals surface area contributed by atoms with Crippen LogP contribution in [0.4, 0.5) is 8.78 Å². The molecule has 3 rings (SSSR count). The molecule has 0 unspecified atom stereocenters. The summed E-state index contributed by atoms with van der Waals surface area (Å²) in [7, 11) is 1.80. The summed E-state index contributed by atoms with van der Waals surface area (Å²) in [5.74, 6) is -0.598. The summed E-state index contributed by atoms with van der Waals surface area (Å²) >= 11 is 0. The Labute approximate surface area is 159 Å². The van der Waals surface area contributed by atoms with Crippen LogP contribution in [0.25, 0.3) is 0 Å². The molecule has 1 aromatic rings. The van der Waals surface area contributed by atoms with Gasteiger partial charge in [-0.15, -0.1) is 0 Å². The van der Waals surface area contributed by atoms with E-state index in [2.05, 4.69) is 0 Å². The number of carbonyl (C=O) groups excluding carboxylic acids is 2. The zero-order valence-electron chi connectivity index (χ0n) is 16.1. The largest absolute Gasteiger partial charge is 0.343 e. The number of hydrogen-bond donors (Lipinski definition) is 0. The van der Waals surface area contributed by atoms with Crippen LogP contribution in [0.5, 0.6) is 0 Å². The van der Waals surface area contributed by atoms with Crippen molar-refractivity contribution in [3.63, 3.8) is 0 Å². The lowest BCUT2D eigenvalue weighted by Gasteiger charge is -2.40. The highest BCUT2D eigenvalue weighted by Gasteiger charge is 2.38. The van der Waals surface area contributed by atoms with Gasteiger partial charge in [-0.3, -0.25) is 9.59 Å². The smallest absolute Gasteiger partial charge is 0.225 e. The summed E-state index contributed by atoms with van der Waals surface area (Å²) in [5, 5.41) is 0. The van der Waals surface area contributed by atoms with Crippen LogP contribution in [0.1, 0.15) is 44.6 Å². The van der Waals surface area contributed by atoms with Gasteiger partial charge in [0.15, 0.2) is 0 Å². The number of likely N-dealkylation sites (N-methyl/N-ethyl adjacent to an activating group) is 1. The van der Waals surface area contributed by atoms with Gasteiger partial charge in [0, 0.05) is 44.6 Å². The Bertz CT molecular complexity index is 697. The first-order valence-corrected chi connectivity index (χ1v) is 9.89. The van der Waals surface area contributed by atoms with Crippen molar-refractivity contribution in [2.45, 2.75) is 51.5 Å². The number of nitrogens with zero attached hydrogens (tertiary/aromatic N) is 2. The molecule has 2 fully saturated rings. The molecule has 1 aromatic carbocycles. The summed E-state index contributed by atoms with van der Waals surface area (Å²) in [6, 6.07) is 3.50. The molecular formula is C21H28F2N2O2. The second-order valence-electron chi connectivity index (χ2n) is 7.80. The maximum Gasteiger partial charge on any atom is 0.225 e. The molecule has 1 atom stereocenters. The van der Waals surface area contributed by atoms with E-state index >= 15 is 0 Å². The van der Waals surface area contributed by atoms with E-state index in [9.17, 15) is 18.4 Å². The molecule has 0 bridgehead atoms. The van der Waals surface area contributed by atoms with E-state index in [0.29, 0.717) is 31.5 Å². The van der Waals surface area contributed by atoms with Gasteiger partial charge in [0.2, 0.25) is 11.8 Å². The Morgan fingerprint density at radius 3 is 2.41 bits per heavy atom. The maximum atomic E-state index is 14.2. The lowest BCUT2D eigenvalue weighted by Crippen LogP contribution is -2.48. The van der Waals surface area contributed by atoms with Gasteiger partial charge in [0.05, 0.1) is 0 Å². The molecule has 4 nitrogen and oxygen atoms in total. The molecule has 1 aliphatic heterocycles. The van der Waals surface area contributed by atoms with E-state index in [4.69, 9.17) is 0 Å². The molecule has 1 saturated carbocycles. The van der Waals surface area contributed by atoms with Gasteiger partial charge in [-0.05, 0) is 49.7 Å². The van der Waals surface area contributed by atoms with Crippen molar-refractivity contribution >= 4 is 11.8 Å². The fourth-order valence-electron chi connectivity index (χ4n) is 4.07. The molecule has 0 radical (unpaired) electrons. The van der Waals surface area contributed by atoms with E-state index in [0.717, 1.165) is 31.7 Å². The number of likely N-dealkylation sites (tertiary alicyclic amines) is 1. The molecule has 1 saturated heterocycles. The first kappa shape index (κ1) is 19.8. The Balaban J connectivity index is 1.75. The van der Waals surface area contributed by atoms with Crippen LogP contribution in [0.15, 0.2) is 18.2 Å². The fourth-order valence-corrected chi connectivity index (χ4v) is 4.07. The highest BCUT2D eigenvalue weighted by molar-refractivity contribution is 5.81. The zero-order valence-corrected chi connectivity index (χ0v) is 16.1. The normalized spacial score (nSPS) is 19.0. The van der Waals surface area contributed by atoms with Crippen molar-refractivity contribution in [3.05, 3.63) is 35.4 Å². The molecule has 27 heavy (non-hydrogen) atoms. The van der Waals surface area contributed by atoms with Crippen LogP contribution < -0.4 is 0 Å². The van der Waals surface area contributed by atoms with Crippen LogP contribution in [-0.4, -0.2) is 47.8 Å². The lowest BCUT2D eigenvalue weighted by molar-refractivity contribution is -0.137. The number of carbonyl (C=O) groups is 2. The lowest BCUT2D eigenvalue weighted by atomic mass is 9.84. The maximum absolute atomic E-state index is 14.2. The summed E-state index contributed by atoms with van der Waals surface area (Å²) in [4.78, 5) is 28.2. The van der Waals surface area contributed by atoms with Gasteiger partial charge >= 0.3 is 0 Å². The van der Waals surface area contributed by atoms with E-state index in [1.54, 1.807) is 11.9 Å². The number of rotatable bonds is 6. The van der Waals surface area contributed by atoms with Crippen LogP contribution in [0.2, 0.25) is 0 Å². The van der Waals surface area contributed by atoms with Gasteiger partial charge in [0.1, 0.15) is 11.6 Å². The molecule has 6 heteroatoms. The fraction of sp³-hybridized carbons (Fsp3) is 0.619. The Hall–Kier alpha value is -1.98. The third kappa shape index (κ3) is 4.66. The SMILES string of the molecule is CCC(=O)N1CCC([C@@H](Cc2ccc(F)cc2F)N(C)C(=O)C2CC2)CC1. The molecule has 0 spiro atoms. The topological polar surface area (TPSA) is 40.6 Å². The van der Waals surface area contributed by atoms with Crippen LogP contribution in [-0.2, 0) is 16.0 Å². The van der Waals surface area contributed by atoms with E-state index in [-0.39, 0.29) is 29.7 Å². The predicted molar refractivity (Wildman–Crippen MR) is 98.9 cm³/mol. The monoisotopic (exact) mass is 378 g/mol. The molecule has 0 N–H and O–H groups in total. The molecular weight excluding hydrogens is 350 g/mol. The van der Waals surface area contributed by atoms with Gasteiger partial charge in [-0.25, -0.2) is 8.78 Å². The van der Waals surface area contributed by atoms with Crippen molar-refractivity contribution < 1.29 is 18.4 Å². The molecule has 1 aliphatic carbocycles. The standard InChI is InChI=1S/C21H28F2N2O2/c1-3-20(26)25-10-8-14(9-11-25)19(24(2)21(27)15-4-5-15)12-16-6-7-17(22)13-18(16)23/h6-7,13-15,19H,3-5,8-12H2,1-2H3/t19-/m1/s1. The average Bonchev–Trinajstić information content (AvgIpc) is 3.51. The molecule has 2 amide bonds. The zero-order chi connectivity index (χ0) is 19.6. The Morgan fingerprint density at radius 1 is 1.19 bits per heavy atom. The van der Waals surface area contributed by atoms with E-state index in [1.165, 1.54) is 12.1 Å². The van der Waals surface area contributed by atoms with E-state index < -0.39 is 11.6 Å². The highest BCUT2D eigenvalue weighted by Crippen LogP contribution is 2.34. The number of amides is 2. The third-order valence-corrected chi connectivity index (χ3v) is 5.95. The molecule has 2 aliphatic rings. The first-order chi connectivity index (χ1) is 12.9. The molecule has 1 heterocycles. The van der Waals surface area contributed by atoms with Crippen molar-refractivity contribution in [1.29, 1.82) is 0 Å². The second kappa shape index (κ2) is 8.36. The van der Waals surface area contributed by atoms with E-state index in [1.807, 2.05) is 11.8 Å². The van der Waals surface area contributed by atoms with Crippen LogP contribution in [0.3, 0.4) is 0 Å². The first-order valence-electron chi connectivity index (χ1n) is 9.89. The molecule has 0 aromatic heterocycles. The van der Waals surface area contributed by atoms with Gasteiger partial charge in [-0.2, -0.15) is 0 Å². The quantitative estimate of drug-likeness (QED) is 0.761. The minimum absolute atomic E-state index is 0.0947. The van der Waals surface area contributed by atoms with Crippen LogP contribution in [0, 0.1) is 23.5 Å². The predicted octanol–water partition coefficient (Wildman–Crippen LogP) is 3.39. The number of halogens is 2. The van der Waals surface area contributed by atoms with Crippen molar-refractivity contribution in [3.8, 4) is 0 Å². The number of piperidine rings is 1. The minimum Gasteiger partial charge on any atom is -0.343 e. The number of hydrogen-bond acceptors (Lipinski definition) is 2. The van der Waals surface area contributed by atoms with Crippen molar-refractivity contribution in [2.75, 3.05) is 20.1 Å². The minimum atomic E-state index is -0.596. The summed E-state index contributed by atoms with van der Waals surface area (Å²) in [6.45, 7) is 3.20. The Kier molecular flexibility index (Phi) is 6.12. The average molecular weight is 378 g/mol. The van der Waals surface area contributed by atoms with Crippen molar-refractivity contribution in [1.82, 2.24) is 9.80 Å². The third-order valence-electron chi connectivity index (χ3n) is 5.95. The van der Waals surface area contributed by atoms with Gasteiger partial charge in [0.25, 0.3) is 0 Å². The van der Waals surface area contributed by atoms with Gasteiger partial charge < -0.3 is 9.80 Å². The molecule has 148 valence electrons. The Morgan fingerprint density at radius 2 is 1.85 bits per heavy atom. The highest BCUT2D eigenvalue weighted by atomic mass is 19.1. The van der Waals surface area contributed by atoms with Crippen molar-refractivity contribution in [2.24, 2.45) is 11.8 Å². The summed E-state index contributed by atoms with van der Waals surface area (Å²) in [5.41, 5.74) is 0.434.